The molecule has 0 spiro atoms. The van der Waals surface area contributed by atoms with Crippen molar-refractivity contribution in [2.75, 3.05) is 11.9 Å². The largest absolute Gasteiger partial charge is 0.343 e. The van der Waals surface area contributed by atoms with Crippen molar-refractivity contribution < 1.29 is 4.57 Å². The molecule has 5 rings (SSSR count). The number of rotatable bonds is 2. The van der Waals surface area contributed by atoms with Gasteiger partial charge >= 0.3 is 0 Å². The zero-order valence-corrected chi connectivity index (χ0v) is 18.8. The lowest BCUT2D eigenvalue weighted by molar-refractivity contribution is -0.642. The predicted molar refractivity (Wildman–Crippen MR) is 127 cm³/mol. The van der Waals surface area contributed by atoms with Gasteiger partial charge < -0.3 is 4.90 Å². The van der Waals surface area contributed by atoms with Crippen LogP contribution in [0.4, 0.5) is 5.69 Å². The van der Waals surface area contributed by atoms with Crippen molar-refractivity contribution in [3.05, 3.63) is 84.7 Å². The lowest BCUT2D eigenvalue weighted by Gasteiger charge is -2.25. The van der Waals surface area contributed by atoms with Crippen LogP contribution in [0.15, 0.2) is 59.4 Å². The van der Waals surface area contributed by atoms with Crippen LogP contribution in [0, 0.1) is 0 Å². The van der Waals surface area contributed by atoms with Gasteiger partial charge in [0.15, 0.2) is 0 Å². The first-order valence-electron chi connectivity index (χ1n) is 9.92. The summed E-state index contributed by atoms with van der Waals surface area (Å²) in [5, 5.41) is 1.13. The first-order valence-corrected chi connectivity index (χ1v) is 11.6. The number of nitrogens with zero attached hydrogens (tertiary/aromatic N) is 3. The van der Waals surface area contributed by atoms with Crippen LogP contribution in [0.25, 0.3) is 28.1 Å². The molecule has 0 atom stereocenters. The number of thiazole rings is 2. The van der Waals surface area contributed by atoms with Crippen LogP contribution in [0.2, 0.25) is 0 Å². The number of aromatic nitrogens is 2. The molecule has 2 aromatic heterocycles. The number of benzene rings is 2. The van der Waals surface area contributed by atoms with E-state index in [0.29, 0.717) is 6.54 Å². The molecule has 4 aromatic rings. The lowest BCUT2D eigenvalue weighted by atomic mass is 10.1. The summed E-state index contributed by atoms with van der Waals surface area (Å²) >= 11 is 3.31. The fourth-order valence-corrected chi connectivity index (χ4v) is 6.29. The summed E-state index contributed by atoms with van der Waals surface area (Å²) in [7, 11) is 4.11. The van der Waals surface area contributed by atoms with Gasteiger partial charge in [-0.15, -0.1) is 11.3 Å². The van der Waals surface area contributed by atoms with E-state index in [0.717, 1.165) is 25.6 Å². The molecule has 0 fully saturated rings. The second-order valence-electron chi connectivity index (χ2n) is 7.27. The highest BCUT2D eigenvalue weighted by molar-refractivity contribution is 7.19. The fourth-order valence-electron chi connectivity index (χ4n) is 3.92. The van der Waals surface area contributed by atoms with Crippen LogP contribution >= 0.6 is 22.7 Å². The van der Waals surface area contributed by atoms with Gasteiger partial charge in [-0.25, -0.2) is 0 Å². The molecular formula is C24H22N3OS2+. The maximum atomic E-state index is 13.3. The third kappa shape index (κ3) is 2.95. The number of fused-ring (bicyclic) bond motifs is 2. The van der Waals surface area contributed by atoms with Crippen LogP contribution in [0.3, 0.4) is 0 Å². The van der Waals surface area contributed by atoms with Crippen molar-refractivity contribution in [1.29, 1.82) is 0 Å². The van der Waals surface area contributed by atoms with Gasteiger partial charge in [0, 0.05) is 25.3 Å². The van der Waals surface area contributed by atoms with Crippen molar-refractivity contribution in [3.63, 3.8) is 0 Å². The Kier molecular flexibility index (Phi) is 4.68. The SMILES string of the molecule is CCn1c(=Cc2sc3ccccc3[n+]2C)sc(=C2C=Cc3ccccc3N2C)c1=O. The second kappa shape index (κ2) is 7.38. The van der Waals surface area contributed by atoms with Gasteiger partial charge in [0.05, 0.1) is 11.8 Å². The summed E-state index contributed by atoms with van der Waals surface area (Å²) in [6, 6.07) is 16.6. The van der Waals surface area contributed by atoms with Gasteiger partial charge in [-0.2, -0.15) is 4.57 Å². The molecule has 0 saturated carbocycles. The number of aryl methyl sites for hydroxylation is 1. The molecule has 0 unspecified atom stereocenters. The van der Waals surface area contributed by atoms with Crippen LogP contribution in [-0.2, 0) is 13.6 Å². The number of hydrogen-bond donors (Lipinski definition) is 0. The van der Waals surface area contributed by atoms with Crippen molar-refractivity contribution in [3.8, 4) is 0 Å². The summed E-state index contributed by atoms with van der Waals surface area (Å²) in [5.74, 6) is 0. The van der Waals surface area contributed by atoms with Crippen LogP contribution in [-0.4, -0.2) is 11.6 Å². The summed E-state index contributed by atoms with van der Waals surface area (Å²) < 4.78 is 7.07. The molecule has 3 heterocycles. The smallest absolute Gasteiger partial charge is 0.271 e. The average Bonchev–Trinajstić information content (AvgIpc) is 3.25. The Morgan fingerprint density at radius 2 is 1.80 bits per heavy atom. The number of likely N-dealkylation sites (N-methyl/N-ethyl adjacent to an activating group) is 1. The highest BCUT2D eigenvalue weighted by Crippen LogP contribution is 2.29. The monoisotopic (exact) mass is 432 g/mol. The molecular weight excluding hydrogens is 410 g/mol. The zero-order chi connectivity index (χ0) is 20.8. The first-order chi connectivity index (χ1) is 14.6. The Hall–Kier alpha value is -2.96. The Bertz CT molecular complexity index is 1490. The van der Waals surface area contributed by atoms with E-state index in [4.69, 9.17) is 0 Å². The molecule has 1 aliphatic rings. The van der Waals surface area contributed by atoms with Crippen LogP contribution in [0.5, 0.6) is 0 Å². The van der Waals surface area contributed by atoms with Crippen LogP contribution < -0.4 is 24.2 Å². The lowest BCUT2D eigenvalue weighted by Crippen LogP contribution is -2.35. The summed E-state index contributed by atoms with van der Waals surface area (Å²) in [5.41, 5.74) is 4.51. The normalized spacial score (nSPS) is 15.8. The molecule has 150 valence electrons. The number of para-hydroxylation sites is 2. The minimum Gasteiger partial charge on any atom is -0.343 e. The van der Waals surface area contributed by atoms with Crippen molar-refractivity contribution in [2.24, 2.45) is 7.05 Å². The topological polar surface area (TPSA) is 29.1 Å². The maximum Gasteiger partial charge on any atom is 0.271 e. The minimum atomic E-state index is 0.0726. The molecule has 0 bridgehead atoms. The minimum absolute atomic E-state index is 0.0726. The fraction of sp³-hybridized carbons (Fsp3) is 0.167. The van der Waals surface area contributed by atoms with E-state index in [9.17, 15) is 4.79 Å². The van der Waals surface area contributed by atoms with Gasteiger partial charge in [-0.1, -0.05) is 47.7 Å². The van der Waals surface area contributed by atoms with E-state index in [1.807, 2.05) is 30.7 Å². The zero-order valence-electron chi connectivity index (χ0n) is 17.1. The Balaban J connectivity index is 1.75. The summed E-state index contributed by atoms with van der Waals surface area (Å²) in [6.45, 7) is 2.67. The van der Waals surface area contributed by atoms with Gasteiger partial charge in [-0.05, 0) is 30.7 Å². The van der Waals surface area contributed by atoms with E-state index in [1.54, 1.807) is 22.7 Å². The second-order valence-corrected chi connectivity index (χ2v) is 9.36. The molecule has 2 aromatic carbocycles. The Morgan fingerprint density at radius 3 is 2.60 bits per heavy atom. The van der Waals surface area contributed by atoms with Crippen molar-refractivity contribution >= 4 is 56.4 Å². The molecule has 0 aliphatic carbocycles. The molecule has 0 N–H and O–H groups in total. The highest BCUT2D eigenvalue weighted by atomic mass is 32.1. The van der Waals surface area contributed by atoms with Crippen molar-refractivity contribution in [1.82, 2.24) is 4.57 Å². The highest BCUT2D eigenvalue weighted by Gasteiger charge is 2.18. The summed E-state index contributed by atoms with van der Waals surface area (Å²) in [4.78, 5) is 15.4. The number of hydrogen-bond acceptors (Lipinski definition) is 4. The van der Waals surface area contributed by atoms with E-state index >= 15 is 0 Å². The number of anilines is 1. The van der Waals surface area contributed by atoms with Gasteiger partial charge in [0.1, 0.15) is 20.9 Å². The van der Waals surface area contributed by atoms with E-state index in [2.05, 4.69) is 71.1 Å². The average molecular weight is 433 g/mol. The summed E-state index contributed by atoms with van der Waals surface area (Å²) in [6.07, 6.45) is 6.29. The standard InChI is InChI=1S/C24H22N3OS2/c1-4-27-22(15-21-26(3)18-11-7-8-12-20(18)29-21)30-23(24(27)28)19-14-13-16-9-5-6-10-17(16)25(19)2/h5-15H,4H2,1-3H3/q+1. The van der Waals surface area contributed by atoms with E-state index in [-0.39, 0.29) is 5.56 Å². The molecule has 4 nitrogen and oxygen atoms in total. The molecule has 0 saturated heterocycles. The third-order valence-electron chi connectivity index (χ3n) is 5.56. The van der Waals surface area contributed by atoms with Crippen molar-refractivity contribution in [2.45, 2.75) is 13.5 Å². The molecule has 6 heteroatoms. The maximum absolute atomic E-state index is 13.3. The van der Waals surface area contributed by atoms with Crippen LogP contribution in [0.1, 0.15) is 17.5 Å². The molecule has 0 radical (unpaired) electrons. The molecule has 1 aliphatic heterocycles. The van der Waals surface area contributed by atoms with Gasteiger partial charge in [0.25, 0.3) is 10.6 Å². The van der Waals surface area contributed by atoms with E-state index < -0.39 is 0 Å². The quantitative estimate of drug-likeness (QED) is 0.456. The first kappa shape index (κ1) is 19.0. The molecule has 30 heavy (non-hydrogen) atoms. The third-order valence-corrected chi connectivity index (χ3v) is 7.86. The Labute approximate surface area is 182 Å². The molecule has 0 amide bonds. The predicted octanol–water partition coefficient (Wildman–Crippen LogP) is 3.07. The van der Waals surface area contributed by atoms with Gasteiger partial charge in [-0.3, -0.25) is 9.36 Å². The van der Waals surface area contributed by atoms with Gasteiger partial charge in [0.2, 0.25) is 5.52 Å². The Morgan fingerprint density at radius 1 is 1.03 bits per heavy atom. The van der Waals surface area contributed by atoms with E-state index in [1.165, 1.54) is 15.8 Å².